The smallest absolute Gasteiger partial charge is 0.249 e. The van der Waals surface area contributed by atoms with E-state index in [4.69, 9.17) is 0 Å². The minimum atomic E-state index is -0.913. The van der Waals surface area contributed by atoms with Crippen LogP contribution in [-0.2, 0) is 14.4 Å². The Kier molecular flexibility index (Phi) is 4.92. The second-order valence-corrected chi connectivity index (χ2v) is 7.89. The van der Waals surface area contributed by atoms with E-state index in [1.54, 1.807) is 19.1 Å². The van der Waals surface area contributed by atoms with Gasteiger partial charge in [-0.15, -0.1) is 0 Å². The van der Waals surface area contributed by atoms with Crippen LogP contribution in [0.5, 0.6) is 0 Å². The maximum absolute atomic E-state index is 13.0. The Bertz CT molecular complexity index is 906. The first-order valence-electron chi connectivity index (χ1n) is 9.23. The summed E-state index contributed by atoms with van der Waals surface area (Å²) < 4.78 is 17.2. The molecule has 3 atom stereocenters. The van der Waals surface area contributed by atoms with Crippen LogP contribution in [0.25, 0.3) is 11.4 Å². The van der Waals surface area contributed by atoms with E-state index < -0.39 is 11.9 Å². The normalized spacial score (nSPS) is 22.9. The SMILES string of the molecule is CC(C(=O)Nc1nc(-c2ccc(F)cc2)ns1)N1C(=O)C2CCCCC2C1=O. The largest absolute Gasteiger partial charge is 0.299 e. The maximum atomic E-state index is 13.0. The van der Waals surface area contributed by atoms with E-state index in [0.29, 0.717) is 24.2 Å². The van der Waals surface area contributed by atoms with Crippen LogP contribution in [0.15, 0.2) is 24.3 Å². The van der Waals surface area contributed by atoms with Crippen LogP contribution in [0.1, 0.15) is 32.6 Å². The van der Waals surface area contributed by atoms with E-state index in [1.165, 1.54) is 12.1 Å². The summed E-state index contributed by atoms with van der Waals surface area (Å²) in [7, 11) is 0. The quantitative estimate of drug-likeness (QED) is 0.794. The molecule has 3 amide bonds. The lowest BCUT2D eigenvalue weighted by Crippen LogP contribution is -2.46. The first-order chi connectivity index (χ1) is 13.5. The number of aromatic nitrogens is 2. The predicted molar refractivity (Wildman–Crippen MR) is 101 cm³/mol. The van der Waals surface area contributed by atoms with Gasteiger partial charge in [0.2, 0.25) is 22.9 Å². The van der Waals surface area contributed by atoms with Crippen LogP contribution in [-0.4, -0.2) is 38.0 Å². The number of hydrogen-bond acceptors (Lipinski definition) is 6. The van der Waals surface area contributed by atoms with Crippen molar-refractivity contribution in [1.29, 1.82) is 0 Å². The van der Waals surface area contributed by atoms with Gasteiger partial charge in [0.25, 0.3) is 0 Å². The van der Waals surface area contributed by atoms with Crippen molar-refractivity contribution in [3.05, 3.63) is 30.1 Å². The van der Waals surface area contributed by atoms with Gasteiger partial charge in [-0.3, -0.25) is 24.6 Å². The first kappa shape index (κ1) is 18.7. The number of hydrogen-bond donors (Lipinski definition) is 1. The van der Waals surface area contributed by atoms with Gasteiger partial charge in [-0.2, -0.15) is 9.36 Å². The minimum Gasteiger partial charge on any atom is -0.299 e. The average Bonchev–Trinajstić information content (AvgIpc) is 3.25. The third-order valence-corrected chi connectivity index (χ3v) is 6.03. The highest BCUT2D eigenvalue weighted by molar-refractivity contribution is 7.10. The van der Waals surface area contributed by atoms with E-state index >= 15 is 0 Å². The number of carbonyl (C=O) groups is 3. The molecule has 2 fully saturated rings. The Morgan fingerprint density at radius 2 is 1.79 bits per heavy atom. The number of imide groups is 1. The first-order valence-corrected chi connectivity index (χ1v) is 10.0. The van der Waals surface area contributed by atoms with Gasteiger partial charge in [0, 0.05) is 17.1 Å². The highest BCUT2D eigenvalue weighted by Gasteiger charge is 2.50. The van der Waals surface area contributed by atoms with Crippen LogP contribution in [0, 0.1) is 17.7 Å². The number of fused-ring (bicyclic) bond motifs is 1. The summed E-state index contributed by atoms with van der Waals surface area (Å²) in [5.74, 6) is -1.55. The predicted octanol–water partition coefficient (Wildman–Crippen LogP) is 2.85. The number of rotatable bonds is 4. The van der Waals surface area contributed by atoms with Crippen molar-refractivity contribution in [3.8, 4) is 11.4 Å². The van der Waals surface area contributed by atoms with Crippen LogP contribution in [0.2, 0.25) is 0 Å². The molecule has 1 aromatic carbocycles. The van der Waals surface area contributed by atoms with Crippen LogP contribution in [0.3, 0.4) is 0 Å². The standard InChI is InChI=1S/C19H19FN4O3S/c1-10(24-17(26)13-4-2-3-5-14(13)18(24)27)16(25)22-19-21-15(23-28-19)11-6-8-12(20)9-7-11/h6-10,13-14H,2-5H2,1H3,(H,21,22,23,25). The molecule has 1 saturated heterocycles. The summed E-state index contributed by atoms with van der Waals surface area (Å²) >= 11 is 0.983. The van der Waals surface area contributed by atoms with Gasteiger partial charge in [-0.25, -0.2) is 4.39 Å². The topological polar surface area (TPSA) is 92.3 Å². The van der Waals surface area contributed by atoms with Crippen molar-refractivity contribution in [2.45, 2.75) is 38.6 Å². The zero-order valence-corrected chi connectivity index (χ0v) is 16.0. The molecule has 4 rings (SSSR count). The van der Waals surface area contributed by atoms with Crippen molar-refractivity contribution in [1.82, 2.24) is 14.3 Å². The fraction of sp³-hybridized carbons (Fsp3) is 0.421. The number of nitrogens with one attached hydrogen (secondary N) is 1. The second kappa shape index (κ2) is 7.38. The molecule has 0 radical (unpaired) electrons. The van der Waals surface area contributed by atoms with Crippen molar-refractivity contribution in [2.24, 2.45) is 11.8 Å². The minimum absolute atomic E-state index is 0.249. The average molecular weight is 402 g/mol. The Balaban J connectivity index is 1.46. The van der Waals surface area contributed by atoms with Crippen LogP contribution >= 0.6 is 11.5 Å². The second-order valence-electron chi connectivity index (χ2n) is 7.14. The lowest BCUT2D eigenvalue weighted by atomic mass is 9.81. The number of amides is 3. The fourth-order valence-electron chi connectivity index (χ4n) is 3.89. The van der Waals surface area contributed by atoms with Gasteiger partial charge in [0.15, 0.2) is 5.82 Å². The van der Waals surface area contributed by atoms with E-state index in [0.717, 1.165) is 29.3 Å². The molecule has 7 nitrogen and oxygen atoms in total. The number of benzene rings is 1. The molecule has 1 aliphatic carbocycles. The molecule has 1 aliphatic heterocycles. The van der Waals surface area contributed by atoms with E-state index in [2.05, 4.69) is 14.7 Å². The Morgan fingerprint density at radius 3 is 2.39 bits per heavy atom. The summed E-state index contributed by atoms with van der Waals surface area (Å²) in [5, 5.41) is 2.89. The van der Waals surface area contributed by atoms with Gasteiger partial charge < -0.3 is 0 Å². The Hall–Kier alpha value is -2.68. The zero-order chi connectivity index (χ0) is 19.8. The zero-order valence-electron chi connectivity index (χ0n) is 15.2. The number of likely N-dealkylation sites (tertiary alicyclic amines) is 1. The Morgan fingerprint density at radius 1 is 1.18 bits per heavy atom. The fourth-order valence-corrected chi connectivity index (χ4v) is 4.48. The molecule has 3 unspecified atom stereocenters. The summed E-state index contributed by atoms with van der Waals surface area (Å²) in [6.07, 6.45) is 3.28. The molecule has 28 heavy (non-hydrogen) atoms. The van der Waals surface area contributed by atoms with Crippen LogP contribution in [0.4, 0.5) is 9.52 Å². The molecule has 1 aromatic heterocycles. The highest BCUT2D eigenvalue weighted by Crippen LogP contribution is 2.39. The number of carbonyl (C=O) groups excluding carboxylic acids is 3. The number of anilines is 1. The van der Waals surface area contributed by atoms with Gasteiger partial charge in [-0.1, -0.05) is 12.8 Å². The number of halogens is 1. The van der Waals surface area contributed by atoms with Gasteiger partial charge in [0.05, 0.1) is 11.8 Å². The summed E-state index contributed by atoms with van der Waals surface area (Å²) in [5.41, 5.74) is 0.625. The maximum Gasteiger partial charge on any atom is 0.249 e. The molecule has 2 heterocycles. The molecule has 9 heteroatoms. The monoisotopic (exact) mass is 402 g/mol. The number of nitrogens with zero attached hydrogens (tertiary/aromatic N) is 3. The van der Waals surface area contributed by atoms with E-state index in [1.807, 2.05) is 0 Å². The summed E-state index contributed by atoms with van der Waals surface area (Å²) in [6.45, 7) is 1.55. The summed E-state index contributed by atoms with van der Waals surface area (Å²) in [6, 6.07) is 4.80. The molecule has 2 aliphatic rings. The molecular weight excluding hydrogens is 383 g/mol. The third kappa shape index (κ3) is 3.30. The van der Waals surface area contributed by atoms with Crippen molar-refractivity contribution in [3.63, 3.8) is 0 Å². The molecular formula is C19H19FN4O3S. The molecule has 1 N–H and O–H groups in total. The van der Waals surface area contributed by atoms with Gasteiger partial charge in [-0.05, 0) is 44.0 Å². The van der Waals surface area contributed by atoms with Gasteiger partial charge in [0.1, 0.15) is 11.9 Å². The molecule has 1 saturated carbocycles. The lowest BCUT2D eigenvalue weighted by molar-refractivity contribution is -0.146. The molecule has 0 bridgehead atoms. The lowest BCUT2D eigenvalue weighted by Gasteiger charge is -2.21. The van der Waals surface area contributed by atoms with Gasteiger partial charge >= 0.3 is 0 Å². The van der Waals surface area contributed by atoms with Crippen LogP contribution < -0.4 is 5.32 Å². The Labute approximate surface area is 165 Å². The van der Waals surface area contributed by atoms with Crippen molar-refractivity contribution < 1.29 is 18.8 Å². The van der Waals surface area contributed by atoms with E-state index in [9.17, 15) is 18.8 Å². The molecule has 2 aromatic rings. The highest BCUT2D eigenvalue weighted by atomic mass is 32.1. The molecule has 146 valence electrons. The van der Waals surface area contributed by atoms with Crippen molar-refractivity contribution >= 4 is 34.4 Å². The summed E-state index contributed by atoms with van der Waals surface area (Å²) in [4.78, 5) is 43.2. The van der Waals surface area contributed by atoms with Crippen molar-refractivity contribution in [2.75, 3.05) is 5.32 Å². The molecule has 0 spiro atoms. The third-order valence-electron chi connectivity index (χ3n) is 5.40. The van der Waals surface area contributed by atoms with E-state index in [-0.39, 0.29) is 34.6 Å².